The molecule has 0 aromatic carbocycles. The van der Waals surface area contributed by atoms with Crippen molar-refractivity contribution in [3.8, 4) is 0 Å². The lowest BCUT2D eigenvalue weighted by atomic mass is 9.91. The molecule has 1 rings (SSSR count). The first-order chi connectivity index (χ1) is 6.77. The normalized spacial score (nSPS) is 23.4. The summed E-state index contributed by atoms with van der Waals surface area (Å²) in [4.78, 5) is 0. The summed E-state index contributed by atoms with van der Waals surface area (Å²) in [5, 5.41) is 3.33. The number of hydrogen-bond acceptors (Lipinski definition) is 3. The van der Waals surface area contributed by atoms with Crippen molar-refractivity contribution in [1.82, 2.24) is 5.32 Å². The lowest BCUT2D eigenvalue weighted by Crippen LogP contribution is -2.39. The van der Waals surface area contributed by atoms with Gasteiger partial charge in [-0.15, -0.1) is 0 Å². The van der Waals surface area contributed by atoms with Gasteiger partial charge in [0.1, 0.15) is 0 Å². The molecule has 0 aromatic rings. The van der Waals surface area contributed by atoms with Crippen LogP contribution in [0.3, 0.4) is 0 Å². The molecule has 1 N–H and O–H groups in total. The van der Waals surface area contributed by atoms with E-state index in [1.54, 1.807) is 7.11 Å². The van der Waals surface area contributed by atoms with Crippen LogP contribution in [-0.4, -0.2) is 39.5 Å². The Morgan fingerprint density at radius 3 is 2.57 bits per heavy atom. The van der Waals surface area contributed by atoms with Crippen LogP contribution < -0.4 is 5.32 Å². The topological polar surface area (TPSA) is 30.5 Å². The highest BCUT2D eigenvalue weighted by Gasteiger charge is 2.21. The van der Waals surface area contributed by atoms with E-state index in [2.05, 4.69) is 12.2 Å². The Hall–Kier alpha value is -0.120. The maximum atomic E-state index is 5.35. The summed E-state index contributed by atoms with van der Waals surface area (Å²) in [5.41, 5.74) is 0. The third kappa shape index (κ3) is 3.56. The van der Waals surface area contributed by atoms with E-state index in [1.807, 2.05) is 7.05 Å². The number of hydrogen-bond donors (Lipinski definition) is 1. The molecular formula is C11H23NO2. The summed E-state index contributed by atoms with van der Waals surface area (Å²) in [6.45, 7) is 3.99. The lowest BCUT2D eigenvalue weighted by Gasteiger charge is -2.29. The molecule has 0 aliphatic carbocycles. The van der Waals surface area contributed by atoms with Crippen LogP contribution in [0.25, 0.3) is 0 Å². The minimum absolute atomic E-state index is 0.294. The molecule has 14 heavy (non-hydrogen) atoms. The van der Waals surface area contributed by atoms with Crippen molar-refractivity contribution in [3.05, 3.63) is 0 Å². The zero-order valence-electron chi connectivity index (χ0n) is 9.58. The fourth-order valence-corrected chi connectivity index (χ4v) is 2.05. The van der Waals surface area contributed by atoms with E-state index in [0.717, 1.165) is 19.1 Å². The van der Waals surface area contributed by atoms with Crippen molar-refractivity contribution in [2.75, 3.05) is 27.4 Å². The molecule has 2 unspecified atom stereocenters. The molecule has 0 amide bonds. The average molecular weight is 201 g/mol. The van der Waals surface area contributed by atoms with E-state index in [-0.39, 0.29) is 0 Å². The van der Waals surface area contributed by atoms with Crippen molar-refractivity contribution in [2.45, 2.75) is 38.3 Å². The van der Waals surface area contributed by atoms with Gasteiger partial charge in [-0.1, -0.05) is 0 Å². The van der Waals surface area contributed by atoms with Gasteiger partial charge in [0.2, 0.25) is 0 Å². The van der Waals surface area contributed by atoms with Gasteiger partial charge in [-0.25, -0.2) is 0 Å². The maximum Gasteiger partial charge on any atom is 0.0696 e. The molecule has 0 aromatic heterocycles. The molecule has 1 fully saturated rings. The molecular weight excluding hydrogens is 178 g/mol. The number of likely N-dealkylation sites (N-methyl/N-ethyl adjacent to an activating group) is 1. The van der Waals surface area contributed by atoms with Crippen LogP contribution in [0.2, 0.25) is 0 Å². The summed E-state index contributed by atoms with van der Waals surface area (Å²) < 4.78 is 10.7. The third-order valence-electron chi connectivity index (χ3n) is 3.24. The number of nitrogens with one attached hydrogen (secondary N) is 1. The molecule has 3 nitrogen and oxygen atoms in total. The van der Waals surface area contributed by atoms with Crippen molar-refractivity contribution >= 4 is 0 Å². The Kier molecular flexibility index (Phi) is 5.45. The average Bonchev–Trinajstić information content (AvgIpc) is 2.26. The standard InChI is InChI=1S/C11H23NO2/c1-9(13-3)11(12-2)8-10-4-6-14-7-5-10/h9-12H,4-8H2,1-3H3. The SMILES string of the molecule is CNC(CC1CCOCC1)C(C)OC. The van der Waals surface area contributed by atoms with E-state index in [9.17, 15) is 0 Å². The zero-order valence-corrected chi connectivity index (χ0v) is 9.58. The van der Waals surface area contributed by atoms with Gasteiger partial charge in [0, 0.05) is 26.4 Å². The molecule has 0 bridgehead atoms. The monoisotopic (exact) mass is 201 g/mol. The first kappa shape index (κ1) is 12.0. The van der Waals surface area contributed by atoms with Gasteiger partial charge in [0.05, 0.1) is 6.10 Å². The van der Waals surface area contributed by atoms with Crippen LogP contribution >= 0.6 is 0 Å². The Morgan fingerprint density at radius 1 is 1.43 bits per heavy atom. The predicted octanol–water partition coefficient (Wildman–Crippen LogP) is 1.43. The van der Waals surface area contributed by atoms with E-state index >= 15 is 0 Å². The molecule has 3 heteroatoms. The van der Waals surface area contributed by atoms with E-state index < -0.39 is 0 Å². The summed E-state index contributed by atoms with van der Waals surface area (Å²) >= 11 is 0. The highest BCUT2D eigenvalue weighted by molar-refractivity contribution is 4.77. The third-order valence-corrected chi connectivity index (χ3v) is 3.24. The smallest absolute Gasteiger partial charge is 0.0696 e. The summed E-state index contributed by atoms with van der Waals surface area (Å²) in [6.07, 6.45) is 3.90. The van der Waals surface area contributed by atoms with Gasteiger partial charge in [0.15, 0.2) is 0 Å². The second kappa shape index (κ2) is 6.38. The molecule has 0 spiro atoms. The fraction of sp³-hybridized carbons (Fsp3) is 1.00. The number of rotatable bonds is 5. The van der Waals surface area contributed by atoms with Gasteiger partial charge in [-0.2, -0.15) is 0 Å². The second-order valence-corrected chi connectivity index (χ2v) is 4.13. The van der Waals surface area contributed by atoms with Crippen LogP contribution in [0, 0.1) is 5.92 Å². The molecule has 1 saturated heterocycles. The van der Waals surface area contributed by atoms with Crippen molar-refractivity contribution < 1.29 is 9.47 Å². The highest BCUT2D eigenvalue weighted by Crippen LogP contribution is 2.21. The van der Waals surface area contributed by atoms with Gasteiger partial charge < -0.3 is 14.8 Å². The minimum Gasteiger partial charge on any atom is -0.381 e. The molecule has 1 aliphatic rings. The molecule has 0 radical (unpaired) electrons. The quantitative estimate of drug-likeness (QED) is 0.730. The Balaban J connectivity index is 2.30. The van der Waals surface area contributed by atoms with Crippen LogP contribution in [0.4, 0.5) is 0 Å². The first-order valence-electron chi connectivity index (χ1n) is 5.55. The van der Waals surface area contributed by atoms with Gasteiger partial charge in [-0.05, 0) is 39.2 Å². The van der Waals surface area contributed by atoms with E-state index in [0.29, 0.717) is 12.1 Å². The summed E-state index contributed by atoms with van der Waals surface area (Å²) in [7, 11) is 3.79. The predicted molar refractivity (Wildman–Crippen MR) is 57.5 cm³/mol. The molecule has 1 aliphatic heterocycles. The van der Waals surface area contributed by atoms with E-state index in [4.69, 9.17) is 9.47 Å². The summed E-state index contributed by atoms with van der Waals surface area (Å²) in [5.74, 6) is 0.804. The Morgan fingerprint density at radius 2 is 2.07 bits per heavy atom. The number of ether oxygens (including phenoxy) is 2. The highest BCUT2D eigenvalue weighted by atomic mass is 16.5. The zero-order chi connectivity index (χ0) is 10.4. The van der Waals surface area contributed by atoms with Crippen molar-refractivity contribution in [2.24, 2.45) is 5.92 Å². The Labute approximate surface area is 87.2 Å². The van der Waals surface area contributed by atoms with Crippen molar-refractivity contribution in [3.63, 3.8) is 0 Å². The van der Waals surface area contributed by atoms with Crippen molar-refractivity contribution in [1.29, 1.82) is 0 Å². The first-order valence-corrected chi connectivity index (χ1v) is 5.55. The van der Waals surface area contributed by atoms with E-state index in [1.165, 1.54) is 19.3 Å². The maximum absolute atomic E-state index is 5.35. The fourth-order valence-electron chi connectivity index (χ4n) is 2.05. The van der Waals surface area contributed by atoms with Crippen LogP contribution in [0.1, 0.15) is 26.2 Å². The van der Waals surface area contributed by atoms with Gasteiger partial charge in [-0.3, -0.25) is 0 Å². The molecule has 84 valence electrons. The summed E-state index contributed by atoms with van der Waals surface area (Å²) in [6, 6.07) is 0.475. The van der Waals surface area contributed by atoms with Crippen LogP contribution in [0.15, 0.2) is 0 Å². The van der Waals surface area contributed by atoms with Gasteiger partial charge in [0.25, 0.3) is 0 Å². The van der Waals surface area contributed by atoms with Crippen LogP contribution in [-0.2, 0) is 9.47 Å². The largest absolute Gasteiger partial charge is 0.381 e. The number of methoxy groups -OCH3 is 1. The van der Waals surface area contributed by atoms with Crippen LogP contribution in [0.5, 0.6) is 0 Å². The van der Waals surface area contributed by atoms with Gasteiger partial charge >= 0.3 is 0 Å². The lowest BCUT2D eigenvalue weighted by molar-refractivity contribution is 0.0403. The minimum atomic E-state index is 0.294. The Bertz CT molecular complexity index is 146. The second-order valence-electron chi connectivity index (χ2n) is 4.13. The molecule has 0 saturated carbocycles. The molecule has 2 atom stereocenters. The molecule has 1 heterocycles.